The first kappa shape index (κ1) is 18.5. The van der Waals surface area contributed by atoms with Crippen molar-refractivity contribution in [2.45, 2.75) is 39.3 Å². The highest BCUT2D eigenvalue weighted by molar-refractivity contribution is 5.87. The van der Waals surface area contributed by atoms with E-state index in [1.165, 1.54) is 0 Å². The number of carbonyl (C=O) groups is 2. The highest BCUT2D eigenvalue weighted by Crippen LogP contribution is 2.19. The fraction of sp³-hybridized carbons (Fsp3) is 0.300. The molecule has 5 heteroatoms. The molecule has 0 spiro atoms. The average Bonchev–Trinajstić information content (AvgIpc) is 2.59. The number of ether oxygens (including phenoxy) is 1. The molecule has 0 aliphatic heterocycles. The van der Waals surface area contributed by atoms with E-state index < -0.39 is 5.97 Å². The van der Waals surface area contributed by atoms with Crippen LogP contribution in [-0.4, -0.2) is 23.1 Å². The van der Waals surface area contributed by atoms with E-state index in [-0.39, 0.29) is 17.6 Å². The summed E-state index contributed by atoms with van der Waals surface area (Å²) in [5.41, 5.74) is 2.12. The lowest BCUT2D eigenvalue weighted by Gasteiger charge is -2.14. The molecule has 2 aromatic carbocycles. The summed E-state index contributed by atoms with van der Waals surface area (Å²) in [6.45, 7) is 4.34. The highest BCUT2D eigenvalue weighted by atomic mass is 16.5. The molecule has 0 aromatic heterocycles. The van der Waals surface area contributed by atoms with Gasteiger partial charge in [0, 0.05) is 18.5 Å². The highest BCUT2D eigenvalue weighted by Gasteiger charge is 2.08. The molecule has 2 N–H and O–H groups in total. The summed E-state index contributed by atoms with van der Waals surface area (Å²) >= 11 is 0. The smallest absolute Gasteiger partial charge is 0.335 e. The van der Waals surface area contributed by atoms with E-state index in [4.69, 9.17) is 9.84 Å². The molecule has 5 nitrogen and oxygen atoms in total. The van der Waals surface area contributed by atoms with Crippen LogP contribution in [0.15, 0.2) is 48.5 Å². The molecule has 2 rings (SSSR count). The zero-order chi connectivity index (χ0) is 18.2. The lowest BCUT2D eigenvalue weighted by atomic mass is 10.1. The second-order valence-electron chi connectivity index (χ2n) is 6.05. The van der Waals surface area contributed by atoms with Crippen LogP contribution in [0.3, 0.4) is 0 Å². The first-order chi connectivity index (χ1) is 12.0. The van der Waals surface area contributed by atoms with Gasteiger partial charge < -0.3 is 15.2 Å². The van der Waals surface area contributed by atoms with Crippen molar-refractivity contribution in [3.63, 3.8) is 0 Å². The molecule has 0 bridgehead atoms. The topological polar surface area (TPSA) is 75.6 Å². The predicted octanol–water partition coefficient (Wildman–Crippen LogP) is 3.42. The van der Waals surface area contributed by atoms with Gasteiger partial charge in [-0.05, 0) is 44.0 Å². The zero-order valence-electron chi connectivity index (χ0n) is 14.5. The molecule has 1 amide bonds. The molecule has 0 aliphatic carbocycles. The first-order valence-electron chi connectivity index (χ1n) is 8.29. The van der Waals surface area contributed by atoms with E-state index in [1.807, 2.05) is 38.1 Å². The quantitative estimate of drug-likeness (QED) is 0.771. The van der Waals surface area contributed by atoms with Gasteiger partial charge in [0.15, 0.2) is 0 Å². The van der Waals surface area contributed by atoms with Gasteiger partial charge in [-0.1, -0.05) is 30.3 Å². The SMILES string of the molecule is CC(C)Oc1ccccc1CNC(=O)CCc1ccc(C(=O)O)cc1. The van der Waals surface area contributed by atoms with E-state index in [0.717, 1.165) is 16.9 Å². The predicted molar refractivity (Wildman–Crippen MR) is 95.8 cm³/mol. The van der Waals surface area contributed by atoms with Crippen molar-refractivity contribution in [2.24, 2.45) is 0 Å². The molecule has 0 heterocycles. The van der Waals surface area contributed by atoms with E-state index in [1.54, 1.807) is 24.3 Å². The molecule has 25 heavy (non-hydrogen) atoms. The number of amides is 1. The van der Waals surface area contributed by atoms with Crippen molar-refractivity contribution in [3.8, 4) is 5.75 Å². The number of rotatable bonds is 8. The summed E-state index contributed by atoms with van der Waals surface area (Å²) in [5.74, 6) is -0.227. The van der Waals surface area contributed by atoms with Crippen LogP contribution in [0.1, 0.15) is 41.8 Å². The lowest BCUT2D eigenvalue weighted by Crippen LogP contribution is -2.23. The third-order valence-electron chi connectivity index (χ3n) is 3.65. The number of nitrogens with one attached hydrogen (secondary N) is 1. The van der Waals surface area contributed by atoms with Crippen LogP contribution >= 0.6 is 0 Å². The number of carboxylic acids is 1. The zero-order valence-corrected chi connectivity index (χ0v) is 14.5. The second kappa shape index (κ2) is 8.87. The number of aromatic carboxylic acids is 1. The Hall–Kier alpha value is -2.82. The summed E-state index contributed by atoms with van der Waals surface area (Å²) in [6.07, 6.45) is 0.987. The third kappa shape index (κ3) is 5.95. The minimum Gasteiger partial charge on any atom is -0.491 e. The normalized spacial score (nSPS) is 10.5. The molecular formula is C20H23NO4. The van der Waals surface area contributed by atoms with Crippen LogP contribution in [0.25, 0.3) is 0 Å². The van der Waals surface area contributed by atoms with Gasteiger partial charge in [-0.15, -0.1) is 0 Å². The molecule has 132 valence electrons. The Morgan fingerprint density at radius 1 is 1.08 bits per heavy atom. The van der Waals surface area contributed by atoms with E-state index in [9.17, 15) is 9.59 Å². The van der Waals surface area contributed by atoms with Crippen LogP contribution in [0.2, 0.25) is 0 Å². The number of hydrogen-bond acceptors (Lipinski definition) is 3. The Kier molecular flexibility index (Phi) is 6.57. The lowest BCUT2D eigenvalue weighted by molar-refractivity contribution is -0.121. The summed E-state index contributed by atoms with van der Waals surface area (Å²) in [4.78, 5) is 22.9. The standard InChI is InChI=1S/C20H23NO4/c1-14(2)25-18-6-4-3-5-17(18)13-21-19(22)12-9-15-7-10-16(11-8-15)20(23)24/h3-8,10-11,14H,9,12-13H2,1-2H3,(H,21,22)(H,23,24). The van der Waals surface area contributed by atoms with Crippen molar-refractivity contribution in [2.75, 3.05) is 0 Å². The fourth-order valence-electron chi connectivity index (χ4n) is 2.37. The number of hydrogen-bond donors (Lipinski definition) is 2. The van der Waals surface area contributed by atoms with Crippen molar-refractivity contribution in [1.82, 2.24) is 5.32 Å². The molecule has 0 radical (unpaired) electrons. The van der Waals surface area contributed by atoms with Crippen molar-refractivity contribution in [1.29, 1.82) is 0 Å². The van der Waals surface area contributed by atoms with Gasteiger partial charge in [-0.3, -0.25) is 4.79 Å². The van der Waals surface area contributed by atoms with E-state index in [2.05, 4.69) is 5.32 Å². The fourth-order valence-corrected chi connectivity index (χ4v) is 2.37. The Morgan fingerprint density at radius 2 is 1.76 bits per heavy atom. The van der Waals surface area contributed by atoms with Crippen LogP contribution in [0, 0.1) is 0 Å². The van der Waals surface area contributed by atoms with Gasteiger partial charge in [-0.25, -0.2) is 4.79 Å². The van der Waals surface area contributed by atoms with Gasteiger partial charge >= 0.3 is 5.97 Å². The molecule has 0 aliphatic rings. The van der Waals surface area contributed by atoms with Crippen molar-refractivity contribution < 1.29 is 19.4 Å². The summed E-state index contributed by atoms with van der Waals surface area (Å²) in [6, 6.07) is 14.2. The van der Waals surface area contributed by atoms with Gasteiger partial charge in [0.25, 0.3) is 0 Å². The van der Waals surface area contributed by atoms with Crippen LogP contribution in [0.4, 0.5) is 0 Å². The number of aryl methyl sites for hydroxylation is 1. The minimum absolute atomic E-state index is 0.0540. The Bertz CT molecular complexity index is 723. The van der Waals surface area contributed by atoms with Gasteiger partial charge in [0.05, 0.1) is 11.7 Å². The number of carboxylic acid groups (broad SMARTS) is 1. The Labute approximate surface area is 147 Å². The van der Waals surface area contributed by atoms with E-state index >= 15 is 0 Å². The van der Waals surface area contributed by atoms with Crippen molar-refractivity contribution >= 4 is 11.9 Å². The van der Waals surface area contributed by atoms with Crippen LogP contribution in [0.5, 0.6) is 5.75 Å². The van der Waals surface area contributed by atoms with E-state index in [0.29, 0.717) is 19.4 Å². The van der Waals surface area contributed by atoms with Gasteiger partial charge in [0.2, 0.25) is 5.91 Å². The monoisotopic (exact) mass is 341 g/mol. The maximum Gasteiger partial charge on any atom is 0.335 e. The molecule has 0 saturated heterocycles. The number of para-hydroxylation sites is 1. The minimum atomic E-state index is -0.952. The maximum atomic E-state index is 12.1. The van der Waals surface area contributed by atoms with Crippen molar-refractivity contribution in [3.05, 3.63) is 65.2 Å². The molecular weight excluding hydrogens is 318 g/mol. The first-order valence-corrected chi connectivity index (χ1v) is 8.29. The average molecular weight is 341 g/mol. The molecule has 0 unspecified atom stereocenters. The van der Waals surface area contributed by atoms with Gasteiger partial charge in [0.1, 0.15) is 5.75 Å². The molecule has 0 saturated carbocycles. The number of benzene rings is 2. The Balaban J connectivity index is 1.84. The second-order valence-corrected chi connectivity index (χ2v) is 6.05. The largest absolute Gasteiger partial charge is 0.491 e. The summed E-state index contributed by atoms with van der Waals surface area (Å²) in [7, 11) is 0. The third-order valence-corrected chi connectivity index (χ3v) is 3.65. The summed E-state index contributed by atoms with van der Waals surface area (Å²) in [5, 5.41) is 11.8. The summed E-state index contributed by atoms with van der Waals surface area (Å²) < 4.78 is 5.74. The van der Waals surface area contributed by atoms with Crippen LogP contribution < -0.4 is 10.1 Å². The molecule has 0 atom stereocenters. The van der Waals surface area contributed by atoms with Crippen LogP contribution in [-0.2, 0) is 17.8 Å². The maximum absolute atomic E-state index is 12.1. The molecule has 2 aromatic rings. The Morgan fingerprint density at radius 3 is 2.40 bits per heavy atom. The van der Waals surface area contributed by atoms with Gasteiger partial charge in [-0.2, -0.15) is 0 Å². The molecule has 0 fully saturated rings. The number of carbonyl (C=O) groups excluding carboxylic acids is 1.